The van der Waals surface area contributed by atoms with Gasteiger partial charge in [0, 0.05) is 35.9 Å². The largest absolute Gasteiger partial charge is 0.322 e. The second kappa shape index (κ2) is 7.03. The van der Waals surface area contributed by atoms with Crippen molar-refractivity contribution >= 4 is 23.4 Å². The molecule has 2 aromatic heterocycles. The molecule has 0 unspecified atom stereocenters. The number of imidazole rings is 1. The van der Waals surface area contributed by atoms with Gasteiger partial charge in [-0.3, -0.25) is 9.20 Å². The molecule has 0 radical (unpaired) electrons. The zero-order valence-corrected chi connectivity index (χ0v) is 13.9. The van der Waals surface area contributed by atoms with Gasteiger partial charge < -0.3 is 5.32 Å². The minimum Gasteiger partial charge on any atom is -0.322 e. The van der Waals surface area contributed by atoms with E-state index >= 15 is 0 Å². The molecule has 0 atom stereocenters. The van der Waals surface area contributed by atoms with Gasteiger partial charge in [-0.1, -0.05) is 42.5 Å². The Balaban J connectivity index is 1.52. The van der Waals surface area contributed by atoms with Gasteiger partial charge in [-0.25, -0.2) is 9.97 Å². The summed E-state index contributed by atoms with van der Waals surface area (Å²) in [5.74, 6) is 0.463. The number of amides is 1. The highest BCUT2D eigenvalue weighted by Crippen LogP contribution is 2.22. The van der Waals surface area contributed by atoms with Crippen LogP contribution >= 0.6 is 0 Å². The Labute approximate surface area is 150 Å². The summed E-state index contributed by atoms with van der Waals surface area (Å²) in [5, 5.41) is 2.88. The molecule has 2 aromatic carbocycles. The summed E-state index contributed by atoms with van der Waals surface area (Å²) >= 11 is 0. The van der Waals surface area contributed by atoms with Crippen molar-refractivity contribution in [2.24, 2.45) is 0 Å². The number of benzene rings is 2. The van der Waals surface area contributed by atoms with E-state index in [0.29, 0.717) is 5.78 Å². The maximum absolute atomic E-state index is 12.1. The second-order valence-corrected chi connectivity index (χ2v) is 5.77. The highest BCUT2D eigenvalue weighted by molar-refractivity contribution is 6.02. The van der Waals surface area contributed by atoms with Crippen molar-refractivity contribution in [2.45, 2.75) is 0 Å². The number of nitrogens with zero attached hydrogens (tertiary/aromatic N) is 3. The number of anilines is 1. The van der Waals surface area contributed by atoms with Crippen LogP contribution in [-0.2, 0) is 4.79 Å². The van der Waals surface area contributed by atoms with E-state index in [1.807, 2.05) is 77.5 Å². The Bertz CT molecular complexity index is 1050. The van der Waals surface area contributed by atoms with Gasteiger partial charge in [-0.05, 0) is 29.8 Å². The number of fused-ring (bicyclic) bond motifs is 1. The molecule has 0 spiro atoms. The summed E-state index contributed by atoms with van der Waals surface area (Å²) in [6, 6.07) is 19.2. The van der Waals surface area contributed by atoms with Gasteiger partial charge in [0.05, 0.1) is 5.69 Å². The Morgan fingerprint density at radius 3 is 2.77 bits per heavy atom. The Morgan fingerprint density at radius 1 is 1.04 bits per heavy atom. The number of rotatable bonds is 4. The van der Waals surface area contributed by atoms with Gasteiger partial charge >= 0.3 is 0 Å². The number of carbonyl (C=O) groups excluding carboxylic acids is 1. The summed E-state index contributed by atoms with van der Waals surface area (Å²) < 4.78 is 1.86. The van der Waals surface area contributed by atoms with E-state index in [9.17, 15) is 4.79 Å². The SMILES string of the molecule is O=C(/C=C\c1ccccc1)Nc1cccc(-c2cn3cccnc3n2)c1. The molecule has 2 heterocycles. The van der Waals surface area contributed by atoms with Crippen molar-refractivity contribution < 1.29 is 4.79 Å². The molecule has 0 aliphatic rings. The van der Waals surface area contributed by atoms with Crippen LogP contribution in [0, 0.1) is 0 Å². The molecule has 0 bridgehead atoms. The highest BCUT2D eigenvalue weighted by atomic mass is 16.1. The number of aromatic nitrogens is 3. The predicted molar refractivity (Wildman–Crippen MR) is 103 cm³/mol. The quantitative estimate of drug-likeness (QED) is 0.570. The lowest BCUT2D eigenvalue weighted by Crippen LogP contribution is -2.07. The Morgan fingerprint density at radius 2 is 1.92 bits per heavy atom. The first kappa shape index (κ1) is 15.8. The minimum absolute atomic E-state index is 0.178. The van der Waals surface area contributed by atoms with Gasteiger partial charge in [0.1, 0.15) is 0 Å². The number of hydrogen-bond acceptors (Lipinski definition) is 3. The number of nitrogens with one attached hydrogen (secondary N) is 1. The normalized spacial score (nSPS) is 11.1. The fourth-order valence-corrected chi connectivity index (χ4v) is 2.65. The molecule has 0 saturated carbocycles. The van der Waals surface area contributed by atoms with Crippen molar-refractivity contribution in [2.75, 3.05) is 5.32 Å². The maximum Gasteiger partial charge on any atom is 0.248 e. The van der Waals surface area contributed by atoms with Crippen LogP contribution in [0.1, 0.15) is 5.56 Å². The third-order valence-electron chi connectivity index (χ3n) is 3.89. The summed E-state index contributed by atoms with van der Waals surface area (Å²) in [7, 11) is 0. The molecule has 26 heavy (non-hydrogen) atoms. The molecule has 0 fully saturated rings. The van der Waals surface area contributed by atoms with Crippen molar-refractivity contribution in [3.05, 3.63) is 90.9 Å². The topological polar surface area (TPSA) is 59.3 Å². The first-order valence-corrected chi connectivity index (χ1v) is 8.22. The lowest BCUT2D eigenvalue weighted by atomic mass is 10.1. The highest BCUT2D eigenvalue weighted by Gasteiger charge is 2.06. The molecular weight excluding hydrogens is 324 g/mol. The van der Waals surface area contributed by atoms with Gasteiger partial charge in [-0.2, -0.15) is 0 Å². The van der Waals surface area contributed by atoms with Gasteiger partial charge in [-0.15, -0.1) is 0 Å². The molecule has 1 amide bonds. The van der Waals surface area contributed by atoms with Crippen LogP contribution in [-0.4, -0.2) is 20.3 Å². The summed E-state index contributed by atoms with van der Waals surface area (Å²) in [6.45, 7) is 0. The fraction of sp³-hybridized carbons (Fsp3) is 0. The van der Waals surface area contributed by atoms with E-state index in [-0.39, 0.29) is 5.91 Å². The first-order valence-electron chi connectivity index (χ1n) is 8.22. The maximum atomic E-state index is 12.1. The summed E-state index contributed by atoms with van der Waals surface area (Å²) in [5.41, 5.74) is 3.42. The van der Waals surface area contributed by atoms with E-state index < -0.39 is 0 Å². The van der Waals surface area contributed by atoms with Crippen LogP contribution in [0.15, 0.2) is 85.3 Å². The van der Waals surface area contributed by atoms with E-state index in [2.05, 4.69) is 15.3 Å². The Kier molecular flexibility index (Phi) is 4.26. The lowest BCUT2D eigenvalue weighted by Gasteiger charge is -2.04. The van der Waals surface area contributed by atoms with Gasteiger partial charge in [0.15, 0.2) is 0 Å². The molecule has 0 aliphatic carbocycles. The number of hydrogen-bond donors (Lipinski definition) is 1. The van der Waals surface area contributed by atoms with Crippen LogP contribution in [0.5, 0.6) is 0 Å². The van der Waals surface area contributed by atoms with E-state index in [1.165, 1.54) is 6.08 Å². The van der Waals surface area contributed by atoms with Crippen LogP contribution in [0.2, 0.25) is 0 Å². The average molecular weight is 340 g/mol. The average Bonchev–Trinajstić information content (AvgIpc) is 3.12. The molecule has 126 valence electrons. The molecule has 5 nitrogen and oxygen atoms in total. The second-order valence-electron chi connectivity index (χ2n) is 5.77. The van der Waals surface area contributed by atoms with E-state index in [0.717, 1.165) is 22.5 Å². The van der Waals surface area contributed by atoms with Crippen molar-refractivity contribution in [3.8, 4) is 11.3 Å². The van der Waals surface area contributed by atoms with Crippen LogP contribution < -0.4 is 5.32 Å². The summed E-state index contributed by atoms with van der Waals surface area (Å²) in [4.78, 5) is 20.9. The zero-order chi connectivity index (χ0) is 17.8. The molecule has 4 aromatic rings. The van der Waals surface area contributed by atoms with Gasteiger partial charge in [0.2, 0.25) is 11.7 Å². The van der Waals surface area contributed by atoms with Crippen molar-refractivity contribution in [1.82, 2.24) is 14.4 Å². The molecule has 0 aliphatic heterocycles. The molecular formula is C21H16N4O. The number of carbonyl (C=O) groups is 1. The van der Waals surface area contributed by atoms with E-state index in [4.69, 9.17) is 0 Å². The van der Waals surface area contributed by atoms with Crippen LogP contribution in [0.3, 0.4) is 0 Å². The molecule has 5 heteroatoms. The predicted octanol–water partition coefficient (Wildman–Crippen LogP) is 4.05. The summed E-state index contributed by atoms with van der Waals surface area (Å²) in [6.07, 6.45) is 8.84. The smallest absolute Gasteiger partial charge is 0.248 e. The Hall–Kier alpha value is -3.73. The van der Waals surface area contributed by atoms with Gasteiger partial charge in [0.25, 0.3) is 0 Å². The molecule has 0 saturated heterocycles. The van der Waals surface area contributed by atoms with Crippen LogP contribution in [0.25, 0.3) is 23.1 Å². The van der Waals surface area contributed by atoms with Crippen molar-refractivity contribution in [1.29, 1.82) is 0 Å². The lowest BCUT2D eigenvalue weighted by molar-refractivity contribution is -0.111. The standard InChI is InChI=1S/C21H16N4O/c26-20(11-10-16-6-2-1-3-7-16)23-18-9-4-8-17(14-18)19-15-25-13-5-12-22-21(25)24-19/h1-15H,(H,23,26)/b11-10-. The molecule has 1 N–H and O–H groups in total. The monoisotopic (exact) mass is 340 g/mol. The van der Waals surface area contributed by atoms with Crippen LogP contribution in [0.4, 0.5) is 5.69 Å². The molecule has 4 rings (SSSR count). The third-order valence-corrected chi connectivity index (χ3v) is 3.89. The zero-order valence-electron chi connectivity index (χ0n) is 13.9. The first-order chi connectivity index (χ1) is 12.8. The van der Waals surface area contributed by atoms with E-state index in [1.54, 1.807) is 12.3 Å². The fourth-order valence-electron chi connectivity index (χ4n) is 2.65. The van der Waals surface area contributed by atoms with Crippen molar-refractivity contribution in [3.63, 3.8) is 0 Å². The third kappa shape index (κ3) is 3.52. The minimum atomic E-state index is -0.178.